The zero-order valence-electron chi connectivity index (χ0n) is 4.44. The molecule has 9 heavy (non-hydrogen) atoms. The minimum atomic E-state index is -3.13. The van der Waals surface area contributed by atoms with Crippen molar-refractivity contribution in [1.29, 1.82) is 0 Å². The maximum atomic E-state index is 9.25. The van der Waals surface area contributed by atoms with Crippen LogP contribution in [0.3, 0.4) is 0 Å². The minimum Gasteiger partial charge on any atom is -0.511 e. The van der Waals surface area contributed by atoms with E-state index in [9.17, 15) is 4.79 Å². The van der Waals surface area contributed by atoms with E-state index in [1.54, 1.807) is 0 Å². The summed E-state index contributed by atoms with van der Waals surface area (Å²) in [5, 5.41) is 7.60. The molecule has 0 saturated carbocycles. The van der Waals surface area contributed by atoms with E-state index in [1.165, 1.54) is 0 Å². The first-order valence-electron chi connectivity index (χ1n) is 1.78. The molecule has 3 N–H and O–H groups in total. The summed E-state index contributed by atoms with van der Waals surface area (Å²) in [5.74, 6) is -0.981. The molecule has 0 aliphatic carbocycles. The van der Waals surface area contributed by atoms with Gasteiger partial charge in [0.05, 0.1) is 0 Å². The molecule has 0 spiro atoms. The van der Waals surface area contributed by atoms with Gasteiger partial charge in [0, 0.05) is 6.08 Å². The van der Waals surface area contributed by atoms with E-state index >= 15 is 0 Å². The van der Waals surface area contributed by atoms with Gasteiger partial charge < -0.3 is 14.7 Å². The second-order valence-electron chi connectivity index (χ2n) is 0.825. The third-order valence-electron chi connectivity index (χ3n) is 0.175. The molecule has 6 heteroatoms. The Morgan fingerprint density at radius 3 is 1.67 bits per heavy atom. The second-order valence-corrected chi connectivity index (χ2v) is 1.39. The molecule has 0 aliphatic heterocycles. The van der Waals surface area contributed by atoms with Crippen molar-refractivity contribution >= 4 is 15.1 Å². The Morgan fingerprint density at radius 1 is 1.56 bits per heavy atom. The van der Waals surface area contributed by atoms with Gasteiger partial charge in [-0.25, -0.2) is 4.79 Å². The van der Waals surface area contributed by atoms with Gasteiger partial charge in [0.1, 0.15) is 0 Å². The molecule has 0 aromatic carbocycles. The summed E-state index contributed by atoms with van der Waals surface area (Å²) in [7, 11) is -3.13. The maximum absolute atomic E-state index is 9.25. The van der Waals surface area contributed by atoms with E-state index in [-0.39, 0.29) is 0 Å². The molecule has 5 nitrogen and oxygen atoms in total. The standard InChI is InChI=1S/C3H4O2.H2O3Si/c1-2-3(4)5;1-4(2)3/h2H,1H2,(H,4,5);1-2H. The molecule has 0 aliphatic rings. The summed E-state index contributed by atoms with van der Waals surface area (Å²) in [4.78, 5) is 23.6. The lowest BCUT2D eigenvalue weighted by Gasteiger charge is -1.64. The van der Waals surface area contributed by atoms with Gasteiger partial charge in [0.2, 0.25) is 0 Å². The Kier molecular flexibility index (Phi) is 8.15. The number of aliphatic carboxylic acids is 1. The molecule has 0 fully saturated rings. The molecule has 52 valence electrons. The molecule has 0 saturated heterocycles. The molecule has 0 aromatic rings. The first-order chi connectivity index (χ1) is 4.00. The maximum Gasteiger partial charge on any atom is 0.761 e. The van der Waals surface area contributed by atoms with Gasteiger partial charge >= 0.3 is 15.1 Å². The summed E-state index contributed by atoms with van der Waals surface area (Å²) >= 11 is 0. The van der Waals surface area contributed by atoms with E-state index in [2.05, 4.69) is 6.58 Å². The van der Waals surface area contributed by atoms with Crippen LogP contribution in [0.4, 0.5) is 0 Å². The molecule has 0 heterocycles. The Morgan fingerprint density at radius 2 is 1.67 bits per heavy atom. The number of hydrogen-bond acceptors (Lipinski definition) is 2. The minimum absolute atomic E-state index is 0.833. The monoisotopic (exact) mass is 150 g/mol. The summed E-state index contributed by atoms with van der Waals surface area (Å²) in [6, 6.07) is 0. The van der Waals surface area contributed by atoms with Crippen molar-refractivity contribution in [2.45, 2.75) is 0 Å². The van der Waals surface area contributed by atoms with Gasteiger partial charge in [0.25, 0.3) is 0 Å². The van der Waals surface area contributed by atoms with Crippen LogP contribution in [-0.2, 0) is 9.26 Å². The third-order valence-corrected chi connectivity index (χ3v) is 0.175. The zero-order valence-corrected chi connectivity index (χ0v) is 5.44. The average molecular weight is 150 g/mol. The highest BCUT2D eigenvalue weighted by molar-refractivity contribution is 6.22. The number of hydrogen-bond donors (Lipinski definition) is 3. The highest BCUT2D eigenvalue weighted by atomic mass is 28.3. The van der Waals surface area contributed by atoms with Crippen molar-refractivity contribution in [3.63, 3.8) is 0 Å². The first kappa shape index (κ1) is 10.7. The van der Waals surface area contributed by atoms with Crippen molar-refractivity contribution in [2.24, 2.45) is 0 Å². The fourth-order valence-corrected chi connectivity index (χ4v) is 0. The normalized spacial score (nSPS) is 6.22. The van der Waals surface area contributed by atoms with E-state index in [4.69, 9.17) is 19.2 Å². The van der Waals surface area contributed by atoms with Crippen LogP contribution in [0.5, 0.6) is 0 Å². The van der Waals surface area contributed by atoms with Crippen molar-refractivity contribution in [2.75, 3.05) is 0 Å². The lowest BCUT2D eigenvalue weighted by molar-refractivity contribution is -0.131. The molecular formula is C3H6O5Si. The van der Waals surface area contributed by atoms with Crippen molar-refractivity contribution in [1.82, 2.24) is 0 Å². The van der Waals surface area contributed by atoms with Crippen LogP contribution in [0.2, 0.25) is 0 Å². The smallest absolute Gasteiger partial charge is 0.511 e. The van der Waals surface area contributed by atoms with Gasteiger partial charge in [-0.15, -0.1) is 0 Å². The van der Waals surface area contributed by atoms with Crippen molar-refractivity contribution < 1.29 is 24.0 Å². The topological polar surface area (TPSA) is 94.8 Å². The molecule has 0 aromatic heterocycles. The van der Waals surface area contributed by atoms with E-state index in [1.807, 2.05) is 0 Å². The summed E-state index contributed by atoms with van der Waals surface area (Å²) in [5.41, 5.74) is 0. The van der Waals surface area contributed by atoms with Gasteiger partial charge in [-0.2, -0.15) is 0 Å². The SMILES string of the molecule is C=CC(=O)O.O=[Si](O)O. The van der Waals surface area contributed by atoms with Crippen LogP contribution in [0.1, 0.15) is 0 Å². The predicted octanol–water partition coefficient (Wildman–Crippen LogP) is -1.36. The average Bonchev–Trinajstić information content (AvgIpc) is 1.65. The molecule has 0 rings (SSSR count). The fourth-order valence-electron chi connectivity index (χ4n) is 0. The molecule has 0 atom stereocenters. The van der Waals surface area contributed by atoms with Crippen LogP contribution in [-0.4, -0.2) is 29.8 Å². The zero-order chi connectivity index (χ0) is 7.86. The highest BCUT2D eigenvalue weighted by Crippen LogP contribution is 1.54. The van der Waals surface area contributed by atoms with Gasteiger partial charge in [-0.05, 0) is 0 Å². The predicted molar refractivity (Wildman–Crippen MR) is 28.7 cm³/mol. The van der Waals surface area contributed by atoms with Gasteiger partial charge in [-0.3, -0.25) is 4.46 Å². The summed E-state index contributed by atoms with van der Waals surface area (Å²) < 4.78 is 8.74. The van der Waals surface area contributed by atoms with Gasteiger partial charge in [0.15, 0.2) is 0 Å². The Balaban J connectivity index is 0. The van der Waals surface area contributed by atoms with Gasteiger partial charge in [-0.1, -0.05) is 6.58 Å². The number of carbonyl (C=O) groups is 1. The quantitative estimate of drug-likeness (QED) is 0.317. The number of rotatable bonds is 1. The molecule has 0 unspecified atom stereocenters. The summed E-state index contributed by atoms with van der Waals surface area (Å²) in [6.45, 7) is 2.96. The molecular weight excluding hydrogens is 144 g/mol. The summed E-state index contributed by atoms with van der Waals surface area (Å²) in [6.07, 6.45) is 0.833. The van der Waals surface area contributed by atoms with Crippen LogP contribution < -0.4 is 0 Å². The highest BCUT2D eigenvalue weighted by Gasteiger charge is 1.85. The van der Waals surface area contributed by atoms with Crippen LogP contribution in [0.15, 0.2) is 12.7 Å². The Bertz CT molecular complexity index is 115. The fraction of sp³-hybridized carbons (Fsp3) is 0. The lowest BCUT2D eigenvalue weighted by atomic mass is 10.7. The van der Waals surface area contributed by atoms with Crippen LogP contribution in [0, 0.1) is 0 Å². The molecule has 0 radical (unpaired) electrons. The van der Waals surface area contributed by atoms with Crippen molar-refractivity contribution in [3.8, 4) is 0 Å². The first-order valence-corrected chi connectivity index (χ1v) is 3.08. The Hall–Kier alpha value is -1.17. The lowest BCUT2D eigenvalue weighted by Crippen LogP contribution is -1.90. The van der Waals surface area contributed by atoms with Crippen molar-refractivity contribution in [3.05, 3.63) is 12.7 Å². The molecule has 0 bridgehead atoms. The Labute approximate surface area is 52.8 Å². The number of carboxylic acid groups (broad SMARTS) is 1. The molecule has 0 amide bonds. The number of carboxylic acids is 1. The van der Waals surface area contributed by atoms with Crippen LogP contribution >= 0.6 is 0 Å². The van der Waals surface area contributed by atoms with E-state index in [0.29, 0.717) is 0 Å². The third kappa shape index (κ3) is 233. The van der Waals surface area contributed by atoms with Crippen LogP contribution in [0.25, 0.3) is 0 Å². The van der Waals surface area contributed by atoms with E-state index < -0.39 is 15.1 Å². The van der Waals surface area contributed by atoms with E-state index in [0.717, 1.165) is 6.08 Å². The second kappa shape index (κ2) is 6.83. The largest absolute Gasteiger partial charge is 0.761 e.